The maximum Gasteiger partial charge on any atom is 0.380 e. The van der Waals surface area contributed by atoms with E-state index >= 15 is 0 Å². The molecule has 2 heterocycles. The fourth-order valence-electron chi connectivity index (χ4n) is 2.72. The van der Waals surface area contributed by atoms with E-state index in [2.05, 4.69) is 31.9 Å². The van der Waals surface area contributed by atoms with Crippen molar-refractivity contribution in [2.45, 2.75) is 31.6 Å². The zero-order valence-electron chi connectivity index (χ0n) is 12.5. The number of halogens is 8. The molecule has 0 saturated heterocycles. The number of allylic oxidation sites excluding steroid dienone is 2. The van der Waals surface area contributed by atoms with Crippen LogP contribution in [0.3, 0.4) is 0 Å². The van der Waals surface area contributed by atoms with Crippen molar-refractivity contribution in [2.75, 3.05) is 0 Å². The Morgan fingerprint density at radius 3 is 1.28 bits per heavy atom. The molecule has 0 bridgehead atoms. The summed E-state index contributed by atoms with van der Waals surface area (Å²) in [4.78, 5) is -0.541. The van der Waals surface area contributed by atoms with Crippen LogP contribution in [-0.2, 0) is 0 Å². The maximum atomic E-state index is 14.5. The van der Waals surface area contributed by atoms with E-state index in [1.807, 2.05) is 0 Å². The third kappa shape index (κ3) is 2.58. The predicted octanol–water partition coefficient (Wildman–Crippen LogP) is 7.78. The summed E-state index contributed by atoms with van der Waals surface area (Å²) < 4.78 is 87.1. The Balaban J connectivity index is 2.46. The average Bonchev–Trinajstić information content (AvgIpc) is 2.98. The molecule has 1 aliphatic rings. The number of aryl methyl sites for hydroxylation is 2. The van der Waals surface area contributed by atoms with Gasteiger partial charge in [0, 0.05) is 9.75 Å². The van der Waals surface area contributed by atoms with Gasteiger partial charge in [-0.3, -0.25) is 0 Å². The van der Waals surface area contributed by atoms with Gasteiger partial charge in [0.15, 0.2) is 0 Å². The Hall–Kier alpha value is -0.320. The molecular formula is C15H8Br2F6S2. The van der Waals surface area contributed by atoms with Crippen LogP contribution in [0.2, 0.25) is 0 Å². The van der Waals surface area contributed by atoms with E-state index in [0.29, 0.717) is 7.57 Å². The summed E-state index contributed by atoms with van der Waals surface area (Å²) in [6.07, 6.45) is 0. The van der Waals surface area contributed by atoms with Crippen molar-refractivity contribution in [3.05, 3.63) is 40.6 Å². The maximum absolute atomic E-state index is 14.5. The lowest BCUT2D eigenvalue weighted by molar-refractivity contribution is -0.254. The molecule has 0 spiro atoms. The molecule has 10 heteroatoms. The molecule has 0 saturated carbocycles. The van der Waals surface area contributed by atoms with Gasteiger partial charge in [-0.05, 0) is 69.0 Å². The lowest BCUT2D eigenvalue weighted by Gasteiger charge is -2.25. The fourth-order valence-corrected chi connectivity index (χ4v) is 6.34. The van der Waals surface area contributed by atoms with Gasteiger partial charge in [0.2, 0.25) is 0 Å². The molecule has 25 heavy (non-hydrogen) atoms. The minimum absolute atomic E-state index is 0.228. The third-order valence-electron chi connectivity index (χ3n) is 3.90. The SMILES string of the molecule is Cc1cc(Br)sc1C1=C(c2sc(Br)cc2C)C(F)(F)C(F)(F)C1(F)F. The summed E-state index contributed by atoms with van der Waals surface area (Å²) >= 11 is 7.64. The summed E-state index contributed by atoms with van der Waals surface area (Å²) in [6, 6.07) is 2.87. The van der Waals surface area contributed by atoms with Crippen molar-refractivity contribution >= 4 is 65.7 Å². The molecule has 0 amide bonds. The number of alkyl halides is 6. The van der Waals surface area contributed by atoms with Gasteiger partial charge in [-0.25, -0.2) is 0 Å². The standard InChI is InChI=1S/C15H8Br2F6S2/c1-5-3-7(16)24-11(5)9-10(12-6(2)4-8(17)25-12)14(20,21)15(22,23)13(9,18)19/h3-4H,1-2H3. The molecular weight excluding hydrogens is 518 g/mol. The van der Waals surface area contributed by atoms with E-state index in [4.69, 9.17) is 0 Å². The molecule has 0 radical (unpaired) electrons. The molecule has 0 nitrogen and oxygen atoms in total. The lowest BCUT2D eigenvalue weighted by Crippen LogP contribution is -2.48. The van der Waals surface area contributed by atoms with Gasteiger partial charge < -0.3 is 0 Å². The first kappa shape index (κ1) is 19.4. The van der Waals surface area contributed by atoms with Gasteiger partial charge in [0.05, 0.1) is 18.7 Å². The summed E-state index contributed by atoms with van der Waals surface area (Å²) in [7, 11) is 0. The van der Waals surface area contributed by atoms with Crippen molar-refractivity contribution in [3.63, 3.8) is 0 Å². The van der Waals surface area contributed by atoms with Crippen LogP contribution < -0.4 is 0 Å². The van der Waals surface area contributed by atoms with E-state index in [1.54, 1.807) is 0 Å². The van der Waals surface area contributed by atoms with Crippen LogP contribution in [0.1, 0.15) is 20.9 Å². The van der Waals surface area contributed by atoms with Crippen LogP contribution in [-0.4, -0.2) is 17.8 Å². The first-order valence-electron chi connectivity index (χ1n) is 6.73. The van der Waals surface area contributed by atoms with Gasteiger partial charge in [-0.2, -0.15) is 26.3 Å². The molecule has 2 aromatic heterocycles. The highest BCUT2D eigenvalue weighted by atomic mass is 79.9. The molecule has 0 unspecified atom stereocenters. The molecule has 0 aromatic carbocycles. The van der Waals surface area contributed by atoms with Gasteiger partial charge in [-0.1, -0.05) is 0 Å². The van der Waals surface area contributed by atoms with Crippen molar-refractivity contribution < 1.29 is 26.3 Å². The minimum Gasteiger partial charge on any atom is -0.194 e. The third-order valence-corrected chi connectivity index (χ3v) is 7.41. The van der Waals surface area contributed by atoms with Crippen LogP contribution in [0.5, 0.6) is 0 Å². The van der Waals surface area contributed by atoms with Crippen molar-refractivity contribution in [1.29, 1.82) is 0 Å². The van der Waals surface area contributed by atoms with E-state index in [-0.39, 0.29) is 20.9 Å². The van der Waals surface area contributed by atoms with Crippen LogP contribution in [0.4, 0.5) is 26.3 Å². The first-order chi connectivity index (χ1) is 11.3. The van der Waals surface area contributed by atoms with Gasteiger partial charge >= 0.3 is 17.8 Å². The van der Waals surface area contributed by atoms with E-state index in [1.165, 1.54) is 26.0 Å². The average molecular weight is 526 g/mol. The van der Waals surface area contributed by atoms with Crippen LogP contribution in [0, 0.1) is 13.8 Å². The number of thiophene rings is 2. The number of hydrogen-bond acceptors (Lipinski definition) is 2. The quantitative estimate of drug-likeness (QED) is 0.351. The molecule has 0 aliphatic heterocycles. The highest BCUT2D eigenvalue weighted by molar-refractivity contribution is 9.11. The minimum atomic E-state index is -5.52. The smallest absolute Gasteiger partial charge is 0.194 e. The first-order valence-corrected chi connectivity index (χ1v) is 9.95. The monoisotopic (exact) mass is 524 g/mol. The predicted molar refractivity (Wildman–Crippen MR) is 95.2 cm³/mol. The molecule has 0 fully saturated rings. The highest BCUT2D eigenvalue weighted by Gasteiger charge is 2.80. The zero-order valence-corrected chi connectivity index (χ0v) is 17.3. The fraction of sp³-hybridized carbons (Fsp3) is 0.333. The zero-order chi connectivity index (χ0) is 18.9. The van der Waals surface area contributed by atoms with E-state index in [9.17, 15) is 26.3 Å². The molecule has 136 valence electrons. The topological polar surface area (TPSA) is 0 Å². The summed E-state index contributed by atoms with van der Waals surface area (Å²) in [5.41, 5.74) is -2.14. The van der Waals surface area contributed by atoms with E-state index < -0.39 is 28.9 Å². The Bertz CT molecular complexity index is 824. The lowest BCUT2D eigenvalue weighted by atomic mass is 10.0. The van der Waals surface area contributed by atoms with Crippen molar-refractivity contribution in [3.8, 4) is 0 Å². The summed E-state index contributed by atoms with van der Waals surface area (Å²) in [5.74, 6) is -15.5. The Morgan fingerprint density at radius 1 is 0.720 bits per heavy atom. The Labute approximate surface area is 163 Å². The van der Waals surface area contributed by atoms with Crippen LogP contribution >= 0.6 is 54.5 Å². The Morgan fingerprint density at radius 2 is 1.04 bits per heavy atom. The number of hydrogen-bond donors (Lipinski definition) is 0. The second-order valence-electron chi connectivity index (χ2n) is 5.60. The molecule has 3 rings (SSSR count). The normalized spacial score (nSPS) is 21.2. The van der Waals surface area contributed by atoms with Gasteiger partial charge in [0.1, 0.15) is 0 Å². The highest BCUT2D eigenvalue weighted by Crippen LogP contribution is 2.66. The molecule has 2 aromatic rings. The summed E-state index contributed by atoms with van der Waals surface area (Å²) in [6.45, 7) is 2.84. The molecule has 0 atom stereocenters. The van der Waals surface area contributed by atoms with Crippen molar-refractivity contribution in [1.82, 2.24) is 0 Å². The van der Waals surface area contributed by atoms with Gasteiger partial charge in [-0.15, -0.1) is 22.7 Å². The Kier molecular flexibility index (Phi) is 4.54. The van der Waals surface area contributed by atoms with Gasteiger partial charge in [0.25, 0.3) is 0 Å². The largest absolute Gasteiger partial charge is 0.380 e. The second kappa shape index (κ2) is 5.84. The van der Waals surface area contributed by atoms with Crippen LogP contribution in [0.15, 0.2) is 19.7 Å². The van der Waals surface area contributed by atoms with Crippen molar-refractivity contribution in [2.24, 2.45) is 0 Å². The molecule has 1 aliphatic carbocycles. The molecule has 0 N–H and O–H groups in total. The second-order valence-corrected chi connectivity index (χ2v) is 10.5. The number of rotatable bonds is 2. The summed E-state index contributed by atoms with van der Waals surface area (Å²) in [5, 5.41) is 0. The van der Waals surface area contributed by atoms with E-state index in [0.717, 1.165) is 22.7 Å². The van der Waals surface area contributed by atoms with Crippen LogP contribution in [0.25, 0.3) is 11.1 Å².